The maximum Gasteiger partial charge on any atom is 0.416 e. The van der Waals surface area contributed by atoms with Gasteiger partial charge in [0.05, 0.1) is 29.3 Å². The third kappa shape index (κ3) is 8.61. The van der Waals surface area contributed by atoms with Gasteiger partial charge in [-0.3, -0.25) is 9.69 Å². The molecule has 2 amide bonds. The highest BCUT2D eigenvalue weighted by Crippen LogP contribution is 2.35. The number of anilines is 1. The number of methoxy groups -OCH3 is 1. The molecular weight excluding hydrogens is 593 g/mol. The van der Waals surface area contributed by atoms with Gasteiger partial charge >= 0.3 is 12.1 Å². The van der Waals surface area contributed by atoms with Gasteiger partial charge in [-0.2, -0.15) is 0 Å². The van der Waals surface area contributed by atoms with Crippen molar-refractivity contribution in [1.82, 2.24) is 10.3 Å². The zero-order valence-electron chi connectivity index (χ0n) is 24.5. The normalized spacial score (nSPS) is 16.8. The van der Waals surface area contributed by atoms with Gasteiger partial charge in [-0.1, -0.05) is 47.5 Å². The number of carbonyl (C=O) groups is 3. The molecule has 3 aromatic rings. The number of pyridine rings is 1. The first-order chi connectivity index (χ1) is 20.4. The Balaban J connectivity index is 1.32. The number of amides is 2. The minimum Gasteiger partial charge on any atom is -0.493 e. The standard InChI is InChI=1S/C32H35Cl2N3O6/c1-32(2,3)43-31(40)37(27-10-5-6-15-35-27)22-16-21(17-22)19-42-23-13-11-20(12-14-23)18-26(30(39)41-4)36-29(38)28-24(33)8-7-9-25(28)34/h5-15,21-22,26H,16-19H2,1-4H3,(H,36,38)/t21?,22?,26-/m0/s1. The summed E-state index contributed by atoms with van der Waals surface area (Å²) in [4.78, 5) is 44.3. The number of hydrogen-bond acceptors (Lipinski definition) is 7. The van der Waals surface area contributed by atoms with Crippen LogP contribution in [0.15, 0.2) is 66.9 Å². The maximum atomic E-state index is 13.0. The summed E-state index contributed by atoms with van der Waals surface area (Å²) in [5, 5.41) is 3.04. The van der Waals surface area contributed by atoms with Crippen molar-refractivity contribution in [2.24, 2.45) is 5.92 Å². The van der Waals surface area contributed by atoms with Crippen molar-refractivity contribution in [1.29, 1.82) is 0 Å². The molecule has 2 aromatic carbocycles. The molecule has 1 saturated carbocycles. The van der Waals surface area contributed by atoms with Crippen molar-refractivity contribution >= 4 is 47.0 Å². The number of halogens is 2. The molecule has 228 valence electrons. The average Bonchev–Trinajstić information content (AvgIpc) is 2.93. The smallest absolute Gasteiger partial charge is 0.416 e. The van der Waals surface area contributed by atoms with Gasteiger partial charge in [-0.05, 0) is 81.5 Å². The largest absolute Gasteiger partial charge is 0.493 e. The lowest BCUT2D eigenvalue weighted by Gasteiger charge is -2.42. The Labute approximate surface area is 261 Å². The number of hydrogen-bond donors (Lipinski definition) is 1. The van der Waals surface area contributed by atoms with E-state index in [1.807, 2.05) is 57.2 Å². The van der Waals surface area contributed by atoms with Crippen LogP contribution in [0.25, 0.3) is 0 Å². The fourth-order valence-corrected chi connectivity index (χ4v) is 5.31. The van der Waals surface area contributed by atoms with Gasteiger partial charge in [0.25, 0.3) is 5.91 Å². The zero-order chi connectivity index (χ0) is 31.1. The summed E-state index contributed by atoms with van der Waals surface area (Å²) < 4.78 is 16.6. The Morgan fingerprint density at radius 2 is 1.67 bits per heavy atom. The van der Waals surface area contributed by atoms with Crippen LogP contribution in [-0.4, -0.2) is 54.4 Å². The van der Waals surface area contributed by atoms with Crippen molar-refractivity contribution < 1.29 is 28.6 Å². The predicted octanol–water partition coefficient (Wildman–Crippen LogP) is 6.50. The van der Waals surface area contributed by atoms with Crippen molar-refractivity contribution in [2.45, 2.75) is 57.7 Å². The van der Waals surface area contributed by atoms with E-state index in [1.165, 1.54) is 7.11 Å². The van der Waals surface area contributed by atoms with E-state index in [9.17, 15) is 14.4 Å². The first-order valence-corrected chi connectivity index (χ1v) is 14.7. The van der Waals surface area contributed by atoms with Crippen LogP contribution >= 0.6 is 23.2 Å². The summed E-state index contributed by atoms with van der Waals surface area (Å²) in [6.07, 6.45) is 2.95. The van der Waals surface area contributed by atoms with Crippen molar-refractivity contribution in [3.05, 3.63) is 88.0 Å². The molecule has 1 aromatic heterocycles. The fourth-order valence-electron chi connectivity index (χ4n) is 4.74. The average molecular weight is 629 g/mol. The number of nitrogens with one attached hydrogen (secondary N) is 1. The molecule has 1 aliphatic rings. The number of nitrogens with zero attached hydrogens (tertiary/aromatic N) is 2. The lowest BCUT2D eigenvalue weighted by atomic mass is 9.80. The van der Waals surface area contributed by atoms with Crippen LogP contribution in [0.3, 0.4) is 0 Å². The summed E-state index contributed by atoms with van der Waals surface area (Å²) in [5.41, 5.74) is 0.269. The Kier molecular flexibility index (Phi) is 10.5. The predicted molar refractivity (Wildman–Crippen MR) is 165 cm³/mol. The topological polar surface area (TPSA) is 107 Å². The Bertz CT molecular complexity index is 1400. The summed E-state index contributed by atoms with van der Waals surface area (Å²) in [5.74, 6) is 0.324. The van der Waals surface area contributed by atoms with Gasteiger partial charge in [0, 0.05) is 18.7 Å². The van der Waals surface area contributed by atoms with E-state index in [4.69, 9.17) is 37.4 Å². The van der Waals surface area contributed by atoms with E-state index < -0.39 is 29.6 Å². The van der Waals surface area contributed by atoms with Crippen molar-refractivity contribution in [3.63, 3.8) is 0 Å². The van der Waals surface area contributed by atoms with E-state index in [0.717, 1.165) is 18.4 Å². The van der Waals surface area contributed by atoms with Crippen molar-refractivity contribution in [3.8, 4) is 5.75 Å². The number of rotatable bonds is 10. The number of aromatic nitrogens is 1. The number of carbonyl (C=O) groups excluding carboxylic acids is 3. The van der Waals surface area contributed by atoms with Crippen LogP contribution in [-0.2, 0) is 20.7 Å². The third-order valence-corrected chi connectivity index (χ3v) is 7.52. The SMILES string of the molecule is COC(=O)[C@H](Cc1ccc(OCC2CC(N(C(=O)OC(C)(C)C)c3ccccn3)C2)cc1)NC(=O)c1c(Cl)cccc1Cl. The molecule has 0 bridgehead atoms. The Morgan fingerprint density at radius 1 is 1.00 bits per heavy atom. The van der Waals surface area contributed by atoms with Crippen LogP contribution < -0.4 is 15.0 Å². The van der Waals surface area contributed by atoms with Gasteiger partial charge in [0.2, 0.25) is 0 Å². The second-order valence-corrected chi connectivity index (χ2v) is 12.1. The lowest BCUT2D eigenvalue weighted by Crippen LogP contribution is -2.51. The van der Waals surface area contributed by atoms with E-state index >= 15 is 0 Å². The van der Waals surface area contributed by atoms with E-state index in [0.29, 0.717) is 18.2 Å². The first-order valence-electron chi connectivity index (χ1n) is 13.9. The molecule has 1 heterocycles. The first kappa shape index (κ1) is 32.1. The quantitative estimate of drug-likeness (QED) is 0.256. The van der Waals surface area contributed by atoms with Crippen LogP contribution in [0.5, 0.6) is 5.75 Å². The van der Waals surface area contributed by atoms with Gasteiger partial charge in [-0.25, -0.2) is 14.6 Å². The van der Waals surface area contributed by atoms with Gasteiger partial charge in [0.1, 0.15) is 23.2 Å². The molecule has 1 fully saturated rings. The Hall–Kier alpha value is -3.82. The van der Waals surface area contributed by atoms with Crippen LogP contribution in [0.2, 0.25) is 10.0 Å². The molecule has 1 atom stereocenters. The molecule has 1 aliphatic carbocycles. The third-order valence-electron chi connectivity index (χ3n) is 6.89. The maximum absolute atomic E-state index is 13.0. The molecule has 0 spiro atoms. The molecule has 0 unspecified atom stereocenters. The number of ether oxygens (including phenoxy) is 3. The van der Waals surface area contributed by atoms with E-state index in [-0.39, 0.29) is 34.0 Å². The van der Waals surface area contributed by atoms with E-state index in [1.54, 1.807) is 35.4 Å². The Morgan fingerprint density at radius 3 is 2.26 bits per heavy atom. The highest BCUT2D eigenvalue weighted by atomic mass is 35.5. The summed E-state index contributed by atoms with van der Waals surface area (Å²) in [6, 6.07) is 16.5. The van der Waals surface area contributed by atoms with Gasteiger partial charge in [0.15, 0.2) is 0 Å². The second-order valence-electron chi connectivity index (χ2n) is 11.3. The monoisotopic (exact) mass is 627 g/mol. The van der Waals surface area contributed by atoms with Crippen LogP contribution in [0.4, 0.5) is 10.6 Å². The van der Waals surface area contributed by atoms with Gasteiger partial charge in [-0.15, -0.1) is 0 Å². The molecule has 9 nitrogen and oxygen atoms in total. The second kappa shape index (κ2) is 14.1. The molecule has 4 rings (SSSR count). The molecule has 0 saturated heterocycles. The van der Waals surface area contributed by atoms with Gasteiger partial charge < -0.3 is 19.5 Å². The summed E-state index contributed by atoms with van der Waals surface area (Å²) >= 11 is 12.3. The summed E-state index contributed by atoms with van der Waals surface area (Å²) in [6.45, 7) is 6.01. The fraction of sp³-hybridized carbons (Fsp3) is 0.375. The van der Waals surface area contributed by atoms with Crippen LogP contribution in [0, 0.1) is 5.92 Å². The molecule has 11 heteroatoms. The molecule has 0 aliphatic heterocycles. The molecule has 0 radical (unpaired) electrons. The number of esters is 1. The zero-order valence-corrected chi connectivity index (χ0v) is 26.0. The lowest BCUT2D eigenvalue weighted by molar-refractivity contribution is -0.142. The highest BCUT2D eigenvalue weighted by molar-refractivity contribution is 6.39. The minimum atomic E-state index is -0.949. The molecular formula is C32H35Cl2N3O6. The number of benzene rings is 2. The highest BCUT2D eigenvalue weighted by Gasteiger charge is 2.39. The van der Waals surface area contributed by atoms with Crippen molar-refractivity contribution in [2.75, 3.05) is 18.6 Å². The van der Waals surface area contributed by atoms with Crippen LogP contribution in [0.1, 0.15) is 49.5 Å². The summed E-state index contributed by atoms with van der Waals surface area (Å²) in [7, 11) is 1.26. The minimum absolute atomic E-state index is 0.0353. The molecule has 1 N–H and O–H groups in total. The van der Waals surface area contributed by atoms with E-state index in [2.05, 4.69) is 10.3 Å². The molecule has 43 heavy (non-hydrogen) atoms.